The van der Waals surface area contributed by atoms with E-state index in [4.69, 9.17) is 5.73 Å². The Balaban J connectivity index is 0.000000418. The number of nitrogens with two attached hydrogens (primary N) is 1. The predicted molar refractivity (Wildman–Crippen MR) is 178 cm³/mol. The molecule has 4 nitrogen and oxygen atoms in total. The van der Waals surface area contributed by atoms with Crippen molar-refractivity contribution in [2.45, 2.75) is 93.1 Å². The van der Waals surface area contributed by atoms with E-state index in [1.165, 1.54) is 33.4 Å². The average Bonchev–Trinajstić information content (AvgIpc) is 2.99. The number of benzene rings is 4. The van der Waals surface area contributed by atoms with Gasteiger partial charge in [0.1, 0.15) is 0 Å². The maximum Gasteiger partial charge on any atom is 0.241 e. The van der Waals surface area contributed by atoms with Crippen LogP contribution in [-0.2, 0) is 29.5 Å². The molecule has 0 aliphatic carbocycles. The quantitative estimate of drug-likeness (QED) is 0.200. The van der Waals surface area contributed by atoms with Crippen LogP contribution in [0.2, 0.25) is 0 Å². The van der Waals surface area contributed by atoms with E-state index in [0.29, 0.717) is 4.90 Å². The molecular formula is C37H48N2O2RuS. The molecule has 0 aliphatic rings. The average molecular weight is 686 g/mol. The normalized spacial score (nSPS) is 12.6. The minimum absolute atomic E-state index is 0. The summed E-state index contributed by atoms with van der Waals surface area (Å²) in [5.74, 6) is 0. The van der Waals surface area contributed by atoms with E-state index in [9.17, 15) is 8.42 Å². The van der Waals surface area contributed by atoms with Gasteiger partial charge in [0.25, 0.3) is 0 Å². The van der Waals surface area contributed by atoms with Crippen molar-refractivity contribution in [3.8, 4) is 0 Å². The van der Waals surface area contributed by atoms with E-state index < -0.39 is 22.1 Å². The molecule has 0 aliphatic heterocycles. The maximum absolute atomic E-state index is 13.6. The number of rotatable bonds is 6. The van der Waals surface area contributed by atoms with Gasteiger partial charge < -0.3 is 5.73 Å². The summed E-state index contributed by atoms with van der Waals surface area (Å²) in [5, 5.41) is 0. The Bertz CT molecular complexity index is 1550. The fraction of sp³-hybridized carbons (Fsp3) is 0.351. The van der Waals surface area contributed by atoms with Crippen LogP contribution in [0.4, 0.5) is 0 Å². The van der Waals surface area contributed by atoms with Crippen LogP contribution >= 0.6 is 0 Å². The molecule has 0 saturated heterocycles. The minimum Gasteiger partial charge on any atom is -0.322 e. The third-order valence-corrected chi connectivity index (χ3v) is 11.3. The molecule has 0 saturated carbocycles. The summed E-state index contributed by atoms with van der Waals surface area (Å²) < 4.78 is 30.2. The zero-order valence-electron chi connectivity index (χ0n) is 27.6. The second kappa shape index (κ2) is 14.9. The van der Waals surface area contributed by atoms with E-state index in [-0.39, 0.29) is 19.5 Å². The Morgan fingerprint density at radius 2 is 0.767 bits per heavy atom. The summed E-state index contributed by atoms with van der Waals surface area (Å²) in [6.45, 7) is 23.0. The van der Waals surface area contributed by atoms with Crippen molar-refractivity contribution in [2.75, 3.05) is 0 Å². The molecule has 0 fully saturated rings. The third-order valence-electron chi connectivity index (χ3n) is 9.56. The van der Waals surface area contributed by atoms with Crippen LogP contribution in [0.25, 0.3) is 0 Å². The molecule has 0 heterocycles. The van der Waals surface area contributed by atoms with Crippen molar-refractivity contribution in [1.29, 1.82) is 0 Å². The van der Waals surface area contributed by atoms with E-state index in [0.717, 1.165) is 38.9 Å². The van der Waals surface area contributed by atoms with Gasteiger partial charge in [-0.2, -0.15) is 0 Å². The molecule has 0 amide bonds. The first-order chi connectivity index (χ1) is 19.6. The standard InChI is InChI=1S/C25H30N2O2S.C12H18.Ru/c1-16-17(2)19(4)25(20(5)18(16)3)30(28,29)27-24(22-14-10-7-11-15-22)23(26)21-12-8-6-9-13-21;1-7-8(2)10(4)12(6)11(5)9(7)3;/h6-15,23-24,27H,26H2,1-5H3;1-6H3;/t23-,24-;;/m0../s1. The molecule has 43 heavy (non-hydrogen) atoms. The summed E-state index contributed by atoms with van der Waals surface area (Å²) in [6.07, 6.45) is 0. The number of sulfonamides is 1. The zero-order chi connectivity index (χ0) is 31.5. The largest absolute Gasteiger partial charge is 0.322 e. The minimum atomic E-state index is -3.81. The van der Waals surface area contributed by atoms with Gasteiger partial charge in [-0.15, -0.1) is 0 Å². The topological polar surface area (TPSA) is 72.2 Å². The third kappa shape index (κ3) is 7.73. The predicted octanol–water partition coefficient (Wildman–Crippen LogP) is 8.48. The second-order valence-corrected chi connectivity index (χ2v) is 13.3. The van der Waals surface area contributed by atoms with Crippen molar-refractivity contribution >= 4 is 10.0 Å². The van der Waals surface area contributed by atoms with Gasteiger partial charge in [0, 0.05) is 19.5 Å². The van der Waals surface area contributed by atoms with Crippen molar-refractivity contribution in [3.05, 3.63) is 133 Å². The molecule has 3 N–H and O–H groups in total. The molecule has 0 aromatic heterocycles. The fourth-order valence-electron chi connectivity index (χ4n) is 5.66. The molecule has 6 heteroatoms. The first kappa shape index (κ1) is 36.6. The van der Waals surface area contributed by atoms with Crippen molar-refractivity contribution in [1.82, 2.24) is 4.72 Å². The van der Waals surface area contributed by atoms with Gasteiger partial charge in [-0.3, -0.25) is 0 Å². The van der Waals surface area contributed by atoms with Crippen LogP contribution in [0.15, 0.2) is 65.6 Å². The van der Waals surface area contributed by atoms with E-state index in [1.807, 2.05) is 95.3 Å². The Hall–Kier alpha value is -2.63. The van der Waals surface area contributed by atoms with E-state index in [2.05, 4.69) is 46.3 Å². The number of nitrogens with one attached hydrogen (secondary N) is 1. The van der Waals surface area contributed by atoms with Crippen LogP contribution in [-0.4, -0.2) is 8.42 Å². The van der Waals surface area contributed by atoms with Gasteiger partial charge in [0.05, 0.1) is 17.0 Å². The van der Waals surface area contributed by atoms with Gasteiger partial charge in [-0.25, -0.2) is 13.1 Å². The zero-order valence-corrected chi connectivity index (χ0v) is 30.1. The summed E-state index contributed by atoms with van der Waals surface area (Å²) in [7, 11) is -3.81. The smallest absolute Gasteiger partial charge is 0.241 e. The Morgan fingerprint density at radius 1 is 0.488 bits per heavy atom. The van der Waals surface area contributed by atoms with Gasteiger partial charge in [0.15, 0.2) is 0 Å². The molecule has 4 aromatic rings. The van der Waals surface area contributed by atoms with Gasteiger partial charge >= 0.3 is 0 Å². The van der Waals surface area contributed by atoms with Crippen LogP contribution in [0.5, 0.6) is 0 Å². The van der Waals surface area contributed by atoms with Crippen LogP contribution in [0.1, 0.15) is 84.4 Å². The first-order valence-corrected chi connectivity index (χ1v) is 16.1. The molecule has 2 atom stereocenters. The number of hydrogen-bond acceptors (Lipinski definition) is 3. The monoisotopic (exact) mass is 686 g/mol. The summed E-state index contributed by atoms with van der Waals surface area (Å²) in [4.78, 5) is 0.351. The first-order valence-electron chi connectivity index (χ1n) is 14.6. The van der Waals surface area contributed by atoms with E-state index in [1.54, 1.807) is 0 Å². The van der Waals surface area contributed by atoms with Crippen LogP contribution < -0.4 is 10.5 Å². The van der Waals surface area contributed by atoms with E-state index >= 15 is 0 Å². The Morgan fingerprint density at radius 3 is 1.09 bits per heavy atom. The molecule has 0 unspecified atom stereocenters. The molecule has 4 rings (SSSR count). The van der Waals surface area contributed by atoms with Gasteiger partial charge in [0.2, 0.25) is 10.0 Å². The molecule has 0 spiro atoms. The SMILES string of the molecule is Cc1c(C)c(C)c(C)c(C)c1C.Cc1c(C)c(C)c(S(=O)(=O)N[C@@H](c2ccccc2)[C@@H](N)c2ccccc2)c(C)c1C.[Ru]. The maximum atomic E-state index is 13.6. The van der Waals surface area contributed by atoms with Crippen molar-refractivity contribution < 1.29 is 27.9 Å². The summed E-state index contributed by atoms with van der Waals surface area (Å²) in [6, 6.07) is 18.0. The summed E-state index contributed by atoms with van der Waals surface area (Å²) >= 11 is 0. The summed E-state index contributed by atoms with van der Waals surface area (Å²) in [5.41, 5.74) is 21.7. The number of hydrogen-bond donors (Lipinski definition) is 2. The Labute approximate surface area is 273 Å². The van der Waals surface area contributed by atoms with Crippen LogP contribution in [0, 0.1) is 76.2 Å². The molecule has 0 radical (unpaired) electrons. The Kier molecular flexibility index (Phi) is 12.7. The van der Waals surface area contributed by atoms with Crippen molar-refractivity contribution in [3.63, 3.8) is 0 Å². The van der Waals surface area contributed by atoms with Crippen molar-refractivity contribution in [2.24, 2.45) is 5.73 Å². The fourth-order valence-corrected chi connectivity index (χ4v) is 7.51. The molecule has 232 valence electrons. The molecule has 0 bridgehead atoms. The van der Waals surface area contributed by atoms with Gasteiger partial charge in [-0.1, -0.05) is 60.7 Å². The second-order valence-electron chi connectivity index (χ2n) is 11.7. The molecule has 4 aromatic carbocycles. The van der Waals surface area contributed by atoms with Gasteiger partial charge in [-0.05, 0) is 148 Å². The van der Waals surface area contributed by atoms with Crippen LogP contribution in [0.3, 0.4) is 0 Å². The molecular weight excluding hydrogens is 638 g/mol.